The molecule has 6 heteroatoms. The van der Waals surface area contributed by atoms with Crippen LogP contribution < -0.4 is 10.6 Å². The summed E-state index contributed by atoms with van der Waals surface area (Å²) >= 11 is 0. The molecule has 2 atom stereocenters. The molecule has 3 rings (SSSR count). The van der Waals surface area contributed by atoms with Gasteiger partial charge in [0.1, 0.15) is 0 Å². The lowest BCUT2D eigenvalue weighted by molar-refractivity contribution is -0.122. The van der Waals surface area contributed by atoms with Gasteiger partial charge in [-0.1, -0.05) is 31.0 Å². The molecule has 2 saturated heterocycles. The predicted molar refractivity (Wildman–Crippen MR) is 95.9 cm³/mol. The van der Waals surface area contributed by atoms with Crippen molar-refractivity contribution in [1.29, 1.82) is 0 Å². The van der Waals surface area contributed by atoms with Crippen LogP contribution in [0.4, 0.5) is 0 Å². The molecular weight excluding hydrogens is 332 g/mol. The number of Topliss-reactive ketones (excluding diaryl/α,β-unsaturated/α-hetero) is 2. The second kappa shape index (κ2) is 8.25. The fraction of sp³-hybridized carbons (Fsp3) is 0.500. The third-order valence-electron chi connectivity index (χ3n) is 5.03. The highest BCUT2D eigenvalue weighted by Crippen LogP contribution is 2.18. The van der Waals surface area contributed by atoms with Gasteiger partial charge in [-0.05, 0) is 31.7 Å². The lowest BCUT2D eigenvalue weighted by atomic mass is 9.95. The van der Waals surface area contributed by atoms with Crippen molar-refractivity contribution in [2.24, 2.45) is 0 Å². The van der Waals surface area contributed by atoms with Crippen LogP contribution >= 0.6 is 0 Å². The Hall–Kier alpha value is -2.50. The van der Waals surface area contributed by atoms with Crippen molar-refractivity contribution in [3.63, 3.8) is 0 Å². The maximum Gasteiger partial charge on any atom is 0.220 e. The van der Waals surface area contributed by atoms with Gasteiger partial charge in [0.25, 0.3) is 0 Å². The number of rotatable bonds is 4. The van der Waals surface area contributed by atoms with Gasteiger partial charge in [-0.15, -0.1) is 0 Å². The van der Waals surface area contributed by atoms with Crippen LogP contribution in [0.2, 0.25) is 0 Å². The molecule has 2 N–H and O–H groups in total. The third kappa shape index (κ3) is 4.36. The molecule has 0 aliphatic carbocycles. The minimum absolute atomic E-state index is 0.103. The number of carbonyl (C=O) groups is 4. The third-order valence-corrected chi connectivity index (χ3v) is 5.03. The minimum Gasteiger partial charge on any atom is -0.346 e. The molecule has 1 aromatic rings. The molecule has 2 amide bonds. The monoisotopic (exact) mass is 356 g/mol. The Morgan fingerprint density at radius 1 is 0.769 bits per heavy atom. The number of amides is 2. The second-order valence-corrected chi connectivity index (χ2v) is 7.04. The van der Waals surface area contributed by atoms with E-state index in [4.69, 9.17) is 0 Å². The maximum atomic E-state index is 12.8. The molecule has 2 unspecified atom stereocenters. The number of ketones is 2. The first-order valence-corrected chi connectivity index (χ1v) is 9.32. The first kappa shape index (κ1) is 18.3. The maximum absolute atomic E-state index is 12.8. The zero-order valence-corrected chi connectivity index (χ0v) is 14.8. The highest BCUT2D eigenvalue weighted by molar-refractivity contribution is 6.06. The summed E-state index contributed by atoms with van der Waals surface area (Å²) in [5.74, 6) is -0.539. The van der Waals surface area contributed by atoms with Crippen LogP contribution in [-0.2, 0) is 9.59 Å². The smallest absolute Gasteiger partial charge is 0.220 e. The summed E-state index contributed by atoms with van der Waals surface area (Å²) in [6, 6.07) is 5.53. The van der Waals surface area contributed by atoms with Crippen molar-refractivity contribution in [2.75, 3.05) is 0 Å². The molecule has 2 heterocycles. The Kier molecular flexibility index (Phi) is 5.81. The molecule has 0 spiro atoms. The van der Waals surface area contributed by atoms with Gasteiger partial charge in [-0.25, -0.2) is 0 Å². The summed E-state index contributed by atoms with van der Waals surface area (Å²) in [6.07, 6.45) is 5.34. The Labute approximate surface area is 152 Å². The van der Waals surface area contributed by atoms with Gasteiger partial charge in [-0.3, -0.25) is 19.2 Å². The highest BCUT2D eigenvalue weighted by atomic mass is 16.2. The standard InChI is InChI=1S/C20H24N2O4/c23-17-10-3-1-8-15(21-17)19(25)13-6-5-7-14(12-13)20(26)16-9-2-4-11-18(24)22-16/h5-7,12,15-16H,1-4,8-11H2,(H,21,23)(H,22,24). The molecule has 0 aromatic heterocycles. The summed E-state index contributed by atoms with van der Waals surface area (Å²) in [7, 11) is 0. The van der Waals surface area contributed by atoms with Gasteiger partial charge in [0, 0.05) is 24.0 Å². The first-order valence-electron chi connectivity index (χ1n) is 9.32. The van der Waals surface area contributed by atoms with Crippen molar-refractivity contribution in [3.8, 4) is 0 Å². The normalized spacial score (nSPS) is 24.0. The number of nitrogens with one attached hydrogen (secondary N) is 2. The number of hydrogen-bond acceptors (Lipinski definition) is 4. The van der Waals surface area contributed by atoms with Crippen LogP contribution in [0.5, 0.6) is 0 Å². The lowest BCUT2D eigenvalue weighted by Gasteiger charge is -2.17. The molecule has 0 saturated carbocycles. The average molecular weight is 356 g/mol. The molecule has 26 heavy (non-hydrogen) atoms. The van der Waals surface area contributed by atoms with Crippen molar-refractivity contribution >= 4 is 23.4 Å². The van der Waals surface area contributed by atoms with E-state index in [-0.39, 0.29) is 23.4 Å². The summed E-state index contributed by atoms with van der Waals surface area (Å²) < 4.78 is 0. The van der Waals surface area contributed by atoms with Gasteiger partial charge in [0.05, 0.1) is 12.1 Å². The molecule has 0 radical (unpaired) electrons. The quantitative estimate of drug-likeness (QED) is 0.809. The summed E-state index contributed by atoms with van der Waals surface area (Å²) in [5, 5.41) is 5.55. The van der Waals surface area contributed by atoms with Crippen LogP contribution in [0.3, 0.4) is 0 Å². The van der Waals surface area contributed by atoms with Gasteiger partial charge in [0.15, 0.2) is 11.6 Å². The average Bonchev–Trinajstić information content (AvgIpc) is 3.00. The highest BCUT2D eigenvalue weighted by Gasteiger charge is 2.27. The second-order valence-electron chi connectivity index (χ2n) is 7.04. The van der Waals surface area contributed by atoms with Crippen molar-refractivity contribution in [2.45, 2.75) is 63.5 Å². The number of carbonyl (C=O) groups excluding carboxylic acids is 4. The van der Waals surface area contributed by atoms with E-state index in [2.05, 4.69) is 10.6 Å². The Morgan fingerprint density at radius 3 is 1.69 bits per heavy atom. The topological polar surface area (TPSA) is 92.3 Å². The summed E-state index contributed by atoms with van der Waals surface area (Å²) in [5.41, 5.74) is 0.839. The van der Waals surface area contributed by atoms with Crippen LogP contribution in [0, 0.1) is 0 Å². The Balaban J connectivity index is 1.76. The van der Waals surface area contributed by atoms with E-state index < -0.39 is 12.1 Å². The van der Waals surface area contributed by atoms with Crippen molar-refractivity contribution < 1.29 is 19.2 Å². The molecule has 1 aromatic carbocycles. The van der Waals surface area contributed by atoms with E-state index in [9.17, 15) is 19.2 Å². The van der Waals surface area contributed by atoms with Crippen LogP contribution in [0.15, 0.2) is 24.3 Å². The SMILES string of the molecule is O=C1CCCCC(C(=O)c2cccc(C(=O)C3CCCCC(=O)N3)c2)N1. The van der Waals surface area contributed by atoms with Gasteiger partial charge in [0.2, 0.25) is 11.8 Å². The minimum atomic E-state index is -0.534. The van der Waals surface area contributed by atoms with Gasteiger partial charge >= 0.3 is 0 Å². The molecule has 138 valence electrons. The van der Waals surface area contributed by atoms with Crippen molar-refractivity contribution in [3.05, 3.63) is 35.4 Å². The molecule has 0 bridgehead atoms. The molecular formula is C20H24N2O4. The van der Waals surface area contributed by atoms with Crippen LogP contribution in [0.1, 0.15) is 72.1 Å². The van der Waals surface area contributed by atoms with Crippen LogP contribution in [0.25, 0.3) is 0 Å². The van der Waals surface area contributed by atoms with E-state index in [0.29, 0.717) is 36.8 Å². The molecule has 2 aliphatic heterocycles. The Bertz CT molecular complexity index is 671. The summed E-state index contributed by atoms with van der Waals surface area (Å²) in [6.45, 7) is 0. The van der Waals surface area contributed by atoms with E-state index in [0.717, 1.165) is 25.7 Å². The van der Waals surface area contributed by atoms with Crippen molar-refractivity contribution in [1.82, 2.24) is 10.6 Å². The fourth-order valence-corrected chi connectivity index (χ4v) is 3.57. The van der Waals surface area contributed by atoms with Crippen LogP contribution in [-0.4, -0.2) is 35.5 Å². The number of hydrogen-bond donors (Lipinski definition) is 2. The zero-order valence-electron chi connectivity index (χ0n) is 14.8. The van der Waals surface area contributed by atoms with E-state index in [1.807, 2.05) is 0 Å². The molecule has 2 aliphatic rings. The number of benzene rings is 1. The van der Waals surface area contributed by atoms with E-state index in [1.54, 1.807) is 24.3 Å². The molecule has 2 fully saturated rings. The summed E-state index contributed by atoms with van der Waals surface area (Å²) in [4.78, 5) is 49.0. The fourth-order valence-electron chi connectivity index (χ4n) is 3.57. The van der Waals surface area contributed by atoms with E-state index in [1.165, 1.54) is 0 Å². The Morgan fingerprint density at radius 2 is 1.23 bits per heavy atom. The van der Waals surface area contributed by atoms with Gasteiger partial charge in [-0.2, -0.15) is 0 Å². The predicted octanol–water partition coefficient (Wildman–Crippen LogP) is 2.17. The molecule has 6 nitrogen and oxygen atoms in total. The first-order chi connectivity index (χ1) is 12.5. The van der Waals surface area contributed by atoms with E-state index >= 15 is 0 Å². The van der Waals surface area contributed by atoms with Gasteiger partial charge < -0.3 is 10.6 Å². The zero-order chi connectivity index (χ0) is 18.5. The lowest BCUT2D eigenvalue weighted by Crippen LogP contribution is -2.40. The largest absolute Gasteiger partial charge is 0.346 e.